The SMILES string of the molecule is Cc1ccc(C(F)(F)F)cc1S(=O)(=O)NC1CC2CCC(C1)N2.Cl. The summed E-state index contributed by atoms with van der Waals surface area (Å²) in [6.07, 6.45) is -1.18. The lowest BCUT2D eigenvalue weighted by atomic mass is 10.0. The predicted octanol–water partition coefficient (Wildman–Crippen LogP) is 3.00. The van der Waals surface area contributed by atoms with Crippen molar-refractivity contribution >= 4 is 22.4 Å². The molecule has 0 radical (unpaired) electrons. The van der Waals surface area contributed by atoms with Gasteiger partial charge in [0.05, 0.1) is 10.5 Å². The van der Waals surface area contributed by atoms with Gasteiger partial charge in [0.1, 0.15) is 0 Å². The van der Waals surface area contributed by atoms with Crippen molar-refractivity contribution in [1.29, 1.82) is 0 Å². The van der Waals surface area contributed by atoms with Crippen molar-refractivity contribution in [1.82, 2.24) is 10.0 Å². The zero-order chi connectivity index (χ0) is 16.8. The van der Waals surface area contributed by atoms with E-state index in [2.05, 4.69) is 10.0 Å². The number of sulfonamides is 1. The zero-order valence-corrected chi connectivity index (χ0v) is 14.7. The van der Waals surface area contributed by atoms with Gasteiger partial charge in [0.25, 0.3) is 0 Å². The van der Waals surface area contributed by atoms with Crippen LogP contribution in [-0.2, 0) is 16.2 Å². The molecule has 2 aliphatic heterocycles. The topological polar surface area (TPSA) is 58.2 Å². The molecule has 24 heavy (non-hydrogen) atoms. The van der Waals surface area contributed by atoms with Crippen LogP contribution in [0.25, 0.3) is 0 Å². The van der Waals surface area contributed by atoms with E-state index in [-0.39, 0.29) is 23.3 Å². The molecule has 1 aromatic rings. The summed E-state index contributed by atoms with van der Waals surface area (Å²) < 4.78 is 66.2. The Morgan fingerprint density at radius 2 is 1.75 bits per heavy atom. The maximum Gasteiger partial charge on any atom is 0.416 e. The smallest absolute Gasteiger partial charge is 0.311 e. The fourth-order valence-corrected chi connectivity index (χ4v) is 5.03. The van der Waals surface area contributed by atoms with E-state index in [0.717, 1.165) is 18.9 Å². The highest BCUT2D eigenvalue weighted by atomic mass is 35.5. The predicted molar refractivity (Wildman–Crippen MR) is 86.7 cm³/mol. The molecule has 2 unspecified atom stereocenters. The fourth-order valence-electron chi connectivity index (χ4n) is 3.50. The molecule has 1 aromatic carbocycles. The first-order chi connectivity index (χ1) is 10.6. The lowest BCUT2D eigenvalue weighted by Crippen LogP contribution is -2.48. The number of halogens is 4. The van der Waals surface area contributed by atoms with Crippen LogP contribution in [0.3, 0.4) is 0 Å². The molecule has 9 heteroatoms. The van der Waals surface area contributed by atoms with Gasteiger partial charge in [-0.05, 0) is 50.3 Å². The molecule has 0 aromatic heterocycles. The molecule has 2 atom stereocenters. The van der Waals surface area contributed by atoms with Crippen LogP contribution in [0.5, 0.6) is 0 Å². The summed E-state index contributed by atoms with van der Waals surface area (Å²) >= 11 is 0. The van der Waals surface area contributed by atoms with E-state index in [1.807, 2.05) is 0 Å². The lowest BCUT2D eigenvalue weighted by Gasteiger charge is -2.29. The van der Waals surface area contributed by atoms with Crippen LogP contribution in [0.4, 0.5) is 13.2 Å². The Bertz CT molecular complexity index is 697. The first kappa shape index (κ1) is 19.5. The molecule has 0 spiro atoms. The molecule has 2 N–H and O–H groups in total. The summed E-state index contributed by atoms with van der Waals surface area (Å²) in [5.41, 5.74) is -0.642. The molecular formula is C15H20ClF3N2O2S. The molecule has 2 bridgehead atoms. The van der Waals surface area contributed by atoms with Crippen LogP contribution in [0.15, 0.2) is 23.1 Å². The summed E-state index contributed by atoms with van der Waals surface area (Å²) in [5.74, 6) is 0. The van der Waals surface area contributed by atoms with E-state index in [4.69, 9.17) is 0 Å². The molecule has 2 aliphatic rings. The molecule has 2 fully saturated rings. The summed E-state index contributed by atoms with van der Waals surface area (Å²) in [6.45, 7) is 1.50. The quantitative estimate of drug-likeness (QED) is 0.842. The van der Waals surface area contributed by atoms with Gasteiger partial charge in [-0.25, -0.2) is 13.1 Å². The summed E-state index contributed by atoms with van der Waals surface area (Å²) in [7, 11) is -3.97. The third-order valence-corrected chi connectivity index (χ3v) is 6.26. The molecule has 0 aliphatic carbocycles. The van der Waals surface area contributed by atoms with Gasteiger partial charge in [0, 0.05) is 18.1 Å². The van der Waals surface area contributed by atoms with E-state index in [9.17, 15) is 21.6 Å². The van der Waals surface area contributed by atoms with Gasteiger partial charge in [0.15, 0.2) is 0 Å². The van der Waals surface area contributed by atoms with Gasteiger partial charge in [0.2, 0.25) is 10.0 Å². The highest BCUT2D eigenvalue weighted by Crippen LogP contribution is 2.32. The molecule has 136 valence electrons. The van der Waals surface area contributed by atoms with Gasteiger partial charge in [-0.2, -0.15) is 13.2 Å². The van der Waals surface area contributed by atoms with Crippen LogP contribution in [0.1, 0.15) is 36.8 Å². The number of aryl methyl sites for hydroxylation is 1. The maximum atomic E-state index is 12.8. The van der Waals surface area contributed by atoms with Crippen molar-refractivity contribution in [3.8, 4) is 0 Å². The Kier molecular flexibility index (Phi) is 5.54. The fraction of sp³-hybridized carbons (Fsp3) is 0.600. The Morgan fingerprint density at radius 3 is 2.29 bits per heavy atom. The monoisotopic (exact) mass is 384 g/mol. The van der Waals surface area contributed by atoms with Crippen molar-refractivity contribution in [2.45, 2.75) is 61.8 Å². The number of hydrogen-bond acceptors (Lipinski definition) is 3. The average Bonchev–Trinajstić information content (AvgIpc) is 2.76. The van der Waals surface area contributed by atoms with Gasteiger partial charge < -0.3 is 5.32 Å². The Labute approximate surface area is 145 Å². The Hall–Kier alpha value is -0.830. The number of piperidine rings is 1. The van der Waals surface area contributed by atoms with Gasteiger partial charge in [-0.3, -0.25) is 0 Å². The Balaban J connectivity index is 0.00000208. The van der Waals surface area contributed by atoms with Crippen molar-refractivity contribution in [2.75, 3.05) is 0 Å². The van der Waals surface area contributed by atoms with Crippen LogP contribution >= 0.6 is 12.4 Å². The minimum Gasteiger partial charge on any atom is -0.311 e. The summed E-state index contributed by atoms with van der Waals surface area (Å²) in [4.78, 5) is -0.293. The van der Waals surface area contributed by atoms with Crippen LogP contribution < -0.4 is 10.0 Å². The van der Waals surface area contributed by atoms with E-state index < -0.39 is 21.8 Å². The van der Waals surface area contributed by atoms with Crippen molar-refractivity contribution in [3.05, 3.63) is 29.3 Å². The van der Waals surface area contributed by atoms with Crippen molar-refractivity contribution < 1.29 is 21.6 Å². The standard InChI is InChI=1S/C15H19F3N2O2S.ClH/c1-9-2-3-10(15(16,17)18)6-14(9)23(21,22)20-13-7-11-4-5-12(8-13)19-11;/h2-3,6,11-13,19-20H,4-5,7-8H2,1H3;1H. The number of hydrogen-bond donors (Lipinski definition) is 2. The molecule has 0 amide bonds. The van der Waals surface area contributed by atoms with E-state index in [1.54, 1.807) is 0 Å². The number of nitrogens with one attached hydrogen (secondary N) is 2. The minimum atomic E-state index is -4.56. The van der Waals surface area contributed by atoms with E-state index in [1.165, 1.54) is 13.0 Å². The van der Waals surface area contributed by atoms with Crippen molar-refractivity contribution in [2.24, 2.45) is 0 Å². The number of benzene rings is 1. The van der Waals surface area contributed by atoms with Crippen LogP contribution in [0, 0.1) is 6.92 Å². The zero-order valence-electron chi connectivity index (χ0n) is 13.1. The van der Waals surface area contributed by atoms with Crippen LogP contribution in [-0.4, -0.2) is 26.5 Å². The highest BCUT2D eigenvalue weighted by molar-refractivity contribution is 7.89. The second-order valence-corrected chi connectivity index (χ2v) is 8.09. The second-order valence-electron chi connectivity index (χ2n) is 6.41. The number of fused-ring (bicyclic) bond motifs is 2. The maximum absolute atomic E-state index is 12.8. The van der Waals surface area contributed by atoms with Crippen LogP contribution in [0.2, 0.25) is 0 Å². The lowest BCUT2D eigenvalue weighted by molar-refractivity contribution is -0.137. The van der Waals surface area contributed by atoms with Gasteiger partial charge in [-0.15, -0.1) is 12.4 Å². The van der Waals surface area contributed by atoms with Gasteiger partial charge in [-0.1, -0.05) is 6.07 Å². The second kappa shape index (κ2) is 6.82. The third-order valence-electron chi connectivity index (χ3n) is 4.60. The first-order valence-electron chi connectivity index (χ1n) is 7.61. The molecule has 4 nitrogen and oxygen atoms in total. The molecule has 0 saturated carbocycles. The first-order valence-corrected chi connectivity index (χ1v) is 9.10. The Morgan fingerprint density at radius 1 is 1.17 bits per heavy atom. The number of rotatable bonds is 3. The van der Waals surface area contributed by atoms with E-state index in [0.29, 0.717) is 36.6 Å². The largest absolute Gasteiger partial charge is 0.416 e. The highest BCUT2D eigenvalue weighted by Gasteiger charge is 2.36. The molecule has 2 heterocycles. The summed E-state index contributed by atoms with van der Waals surface area (Å²) in [6, 6.07) is 3.18. The van der Waals surface area contributed by atoms with Gasteiger partial charge >= 0.3 is 6.18 Å². The number of alkyl halides is 3. The molecule has 2 saturated heterocycles. The summed E-state index contributed by atoms with van der Waals surface area (Å²) in [5, 5.41) is 3.40. The normalized spacial score (nSPS) is 26.9. The molecular weight excluding hydrogens is 365 g/mol. The third kappa shape index (κ3) is 4.04. The van der Waals surface area contributed by atoms with Crippen molar-refractivity contribution in [3.63, 3.8) is 0 Å². The minimum absolute atomic E-state index is 0. The molecule has 3 rings (SSSR count). The van der Waals surface area contributed by atoms with E-state index >= 15 is 0 Å². The average molecular weight is 385 g/mol.